The van der Waals surface area contributed by atoms with Crippen molar-refractivity contribution in [2.24, 2.45) is 5.92 Å². The van der Waals surface area contributed by atoms with Crippen molar-refractivity contribution in [1.82, 2.24) is 34.8 Å². The van der Waals surface area contributed by atoms with Gasteiger partial charge in [0.05, 0.1) is 38.7 Å². The van der Waals surface area contributed by atoms with Gasteiger partial charge in [-0.3, -0.25) is 23.9 Å². The first kappa shape index (κ1) is 55.7. The fourth-order valence-corrected chi connectivity index (χ4v) is 10.5. The number of halogens is 11. The summed E-state index contributed by atoms with van der Waals surface area (Å²) in [6.45, 7) is -0.832. The second-order valence-electron chi connectivity index (χ2n) is 18.9. The molecule has 1 saturated carbocycles. The molecule has 3 aromatic heterocycles. The van der Waals surface area contributed by atoms with Gasteiger partial charge in [-0.1, -0.05) is 23.7 Å². The fourth-order valence-electron chi connectivity index (χ4n) is 8.93. The Morgan fingerprint density at radius 3 is 2.16 bits per heavy atom. The number of hydrogen-bond donors (Lipinski definition) is 2. The summed E-state index contributed by atoms with van der Waals surface area (Å²) >= 11 is 6.67. The summed E-state index contributed by atoms with van der Waals surface area (Å²) in [6.07, 6.45) is -10.8. The first-order valence-corrected chi connectivity index (χ1v) is 26.3. The van der Waals surface area contributed by atoms with Gasteiger partial charge in [-0.15, -0.1) is 0 Å². The Labute approximate surface area is 420 Å². The predicted octanol–water partition coefficient (Wildman–Crippen LogP) is 8.56. The molecule has 0 saturated heterocycles. The number of nitrogens with zero attached hydrogens (tertiary/aromatic N) is 7. The number of carboxylic acid groups (broad SMARTS) is 1. The van der Waals surface area contributed by atoms with E-state index in [1.807, 2.05) is 0 Å². The van der Waals surface area contributed by atoms with Crippen LogP contribution in [0.4, 0.5) is 54.5 Å². The number of urea groups is 1. The number of carboxylic acids is 1. The van der Waals surface area contributed by atoms with Gasteiger partial charge in [-0.25, -0.2) is 30.4 Å². The number of carbonyl (C=O) groups excluding carboxylic acids is 2. The molecule has 5 aromatic rings. The van der Waals surface area contributed by atoms with Crippen molar-refractivity contribution in [3.05, 3.63) is 93.0 Å². The largest absolute Gasteiger partial charge is 0.481 e. The molecule has 29 heteroatoms. The van der Waals surface area contributed by atoms with Gasteiger partial charge in [0.2, 0.25) is 15.9 Å². The molecule has 3 atom stereocenters. The van der Waals surface area contributed by atoms with Crippen LogP contribution in [0.1, 0.15) is 85.4 Å². The van der Waals surface area contributed by atoms with Crippen LogP contribution in [0.2, 0.25) is 5.02 Å². The number of sulfonamides is 1. The molecule has 0 bridgehead atoms. The van der Waals surface area contributed by atoms with Crippen LogP contribution in [0.5, 0.6) is 0 Å². The number of benzene rings is 2. The summed E-state index contributed by atoms with van der Waals surface area (Å²) in [4.78, 5) is 44.8. The SMILES string of the molecule is CN(CCCC(=O)O)C(=O)N(c1nn(CC(F)(F)F)c2c(-c3ccc(CCC(C)(C)S(C)(=O)=O)nc3[C@H](Cc3cc(F)cc(F)c3)NC(=O)Cn3nc(C(F)(F)F)c4c3C(F)(F)C3C[C@H]43)ccc(Cl)c12)S(C)(=O)=O. The van der Waals surface area contributed by atoms with Crippen molar-refractivity contribution in [1.29, 1.82) is 0 Å². The maximum Gasteiger partial charge on any atom is 0.435 e. The number of sulfone groups is 1. The molecule has 1 fully saturated rings. The Bertz CT molecular complexity index is 3290. The highest BCUT2D eigenvalue weighted by Gasteiger charge is 2.68. The molecule has 3 amide bonds. The molecule has 402 valence electrons. The monoisotopic (exact) mass is 1110 g/mol. The van der Waals surface area contributed by atoms with Gasteiger partial charge >= 0.3 is 24.4 Å². The van der Waals surface area contributed by atoms with E-state index in [4.69, 9.17) is 21.7 Å². The summed E-state index contributed by atoms with van der Waals surface area (Å²) in [6, 6.07) is 3.74. The van der Waals surface area contributed by atoms with E-state index < -0.39 is 155 Å². The highest BCUT2D eigenvalue weighted by molar-refractivity contribution is 7.93. The molecule has 2 aliphatic rings. The standard InChI is InChI=1S/C45H45ClF10N8O8S2/c1-42(2,73(4,69)70)13-12-25-8-9-26(27-10-11-30(46)35-37(27)63(21-43(49,50)51)60-40(35)64(74(5,71)72)41(68)61(3)14-6-7-33(66)67)36(57-25)31(17-22-15-23(47)18-24(48)16-22)58-32(65)20-62-39-34(38(59-62)45(54,55)56)28-19-29(28)44(39,52)53/h8-11,15-16,18,28-29,31H,6-7,12-14,17,19-21H2,1-5H3,(H,58,65)(H,66,67)/t28-,29?,31-/m0/s1. The minimum atomic E-state index is -5.22. The number of fused-ring (bicyclic) bond motifs is 4. The third-order valence-corrected chi connectivity index (χ3v) is 16.4. The number of nitrogens with one attached hydrogen (secondary N) is 1. The smallest absolute Gasteiger partial charge is 0.435 e. The van der Waals surface area contributed by atoms with Gasteiger partial charge in [-0.05, 0) is 81.7 Å². The normalized spacial score (nSPS) is 17.0. The second kappa shape index (κ2) is 19.6. The number of pyridine rings is 1. The quantitative estimate of drug-likeness (QED) is 0.0795. The van der Waals surface area contributed by atoms with Crippen LogP contribution in [0.25, 0.3) is 22.0 Å². The molecule has 1 unspecified atom stereocenters. The molecule has 0 radical (unpaired) electrons. The summed E-state index contributed by atoms with van der Waals surface area (Å²) in [5.74, 6) is -12.3. The van der Waals surface area contributed by atoms with Crippen molar-refractivity contribution in [3.63, 3.8) is 0 Å². The van der Waals surface area contributed by atoms with Crippen LogP contribution in [-0.2, 0) is 67.5 Å². The minimum absolute atomic E-state index is 0.0400. The highest BCUT2D eigenvalue weighted by Crippen LogP contribution is 2.68. The molecule has 2 N–H and O–H groups in total. The van der Waals surface area contributed by atoms with Gasteiger partial charge in [-0.2, -0.15) is 49.6 Å². The molecule has 16 nitrogen and oxygen atoms in total. The van der Waals surface area contributed by atoms with Gasteiger partial charge < -0.3 is 15.3 Å². The number of rotatable bonds is 18. The third kappa shape index (κ3) is 11.4. The minimum Gasteiger partial charge on any atom is -0.481 e. The Balaban J connectivity index is 1.46. The van der Waals surface area contributed by atoms with Crippen molar-refractivity contribution in [2.75, 3.05) is 30.4 Å². The Morgan fingerprint density at radius 2 is 1.58 bits per heavy atom. The lowest BCUT2D eigenvalue weighted by Gasteiger charge is -2.25. The predicted molar refractivity (Wildman–Crippen MR) is 246 cm³/mol. The summed E-state index contributed by atoms with van der Waals surface area (Å²) in [5.41, 5.74) is -5.34. The zero-order chi connectivity index (χ0) is 55.0. The van der Waals surface area contributed by atoms with Crippen LogP contribution in [-0.4, -0.2) is 106 Å². The molecule has 2 aliphatic carbocycles. The topological polar surface area (TPSA) is 207 Å². The van der Waals surface area contributed by atoms with Crippen LogP contribution in [0, 0.1) is 17.6 Å². The van der Waals surface area contributed by atoms with E-state index >= 15 is 8.78 Å². The summed E-state index contributed by atoms with van der Waals surface area (Å²) < 4.78 is 199. The van der Waals surface area contributed by atoms with Gasteiger partial charge in [0.1, 0.15) is 30.4 Å². The van der Waals surface area contributed by atoms with Crippen LogP contribution < -0.4 is 9.62 Å². The van der Waals surface area contributed by atoms with Crippen LogP contribution >= 0.6 is 11.6 Å². The Morgan fingerprint density at radius 1 is 0.946 bits per heavy atom. The third-order valence-electron chi connectivity index (χ3n) is 12.8. The van der Waals surface area contributed by atoms with E-state index in [1.165, 1.54) is 26.0 Å². The first-order valence-electron chi connectivity index (χ1n) is 22.2. The zero-order valence-corrected chi connectivity index (χ0v) is 41.9. The van der Waals surface area contributed by atoms with Crippen molar-refractivity contribution in [3.8, 4) is 11.1 Å². The zero-order valence-electron chi connectivity index (χ0n) is 39.5. The van der Waals surface area contributed by atoms with Gasteiger partial charge in [0, 0.05) is 60.6 Å². The number of anilines is 1. The average Bonchev–Trinajstić information content (AvgIpc) is 3.76. The number of aliphatic carboxylic acids is 1. The molecule has 3 heterocycles. The maximum atomic E-state index is 15.6. The lowest BCUT2D eigenvalue weighted by Crippen LogP contribution is -2.45. The van der Waals surface area contributed by atoms with Crippen molar-refractivity contribution >= 4 is 66.1 Å². The number of amides is 3. The molecule has 0 spiro atoms. The van der Waals surface area contributed by atoms with Crippen LogP contribution in [0.15, 0.2) is 42.5 Å². The van der Waals surface area contributed by atoms with Gasteiger partial charge in [0.25, 0.3) is 5.92 Å². The Hall–Kier alpha value is -6.03. The van der Waals surface area contributed by atoms with E-state index in [-0.39, 0.29) is 74.0 Å². The van der Waals surface area contributed by atoms with E-state index in [1.54, 1.807) is 0 Å². The van der Waals surface area contributed by atoms with Gasteiger partial charge in [0.15, 0.2) is 21.3 Å². The number of hydrogen-bond acceptors (Lipinski definition) is 10. The van der Waals surface area contributed by atoms with Crippen molar-refractivity contribution in [2.45, 2.75) is 100 Å². The lowest BCUT2D eigenvalue weighted by molar-refractivity contribution is -0.143. The van der Waals surface area contributed by atoms with E-state index in [0.717, 1.165) is 42.5 Å². The number of aryl methyl sites for hydroxylation is 1. The second-order valence-corrected chi connectivity index (χ2v) is 23.7. The average molecular weight is 1120 g/mol. The van der Waals surface area contributed by atoms with E-state index in [9.17, 15) is 66.3 Å². The molecule has 74 heavy (non-hydrogen) atoms. The fraction of sp³-hybridized carbons (Fsp3) is 0.467. The van der Waals surface area contributed by atoms with Crippen LogP contribution in [0.3, 0.4) is 0 Å². The summed E-state index contributed by atoms with van der Waals surface area (Å²) in [7, 11) is -7.51. The molecular weight excluding hydrogens is 1070 g/mol. The molecule has 0 aliphatic heterocycles. The maximum absolute atomic E-state index is 15.6. The molecule has 7 rings (SSSR count). The molecular formula is C45H45ClF10N8O8S2. The highest BCUT2D eigenvalue weighted by atomic mass is 35.5. The lowest BCUT2D eigenvalue weighted by atomic mass is 9.93. The number of carbonyl (C=O) groups is 3. The van der Waals surface area contributed by atoms with E-state index in [0.29, 0.717) is 12.3 Å². The van der Waals surface area contributed by atoms with Crippen molar-refractivity contribution < 1.29 is 80.2 Å². The van der Waals surface area contributed by atoms with E-state index in [2.05, 4.69) is 15.5 Å². The summed E-state index contributed by atoms with van der Waals surface area (Å²) in [5, 5.41) is 17.9. The Kier molecular flexibility index (Phi) is 14.8. The first-order chi connectivity index (χ1) is 34.0. The number of alkyl halides is 8. The molecule has 2 aromatic carbocycles. The number of aromatic nitrogens is 5.